The number of aliphatic hydroxyl groups is 1. The Labute approximate surface area is 160 Å². The summed E-state index contributed by atoms with van der Waals surface area (Å²) in [4.78, 5) is 12.6. The summed E-state index contributed by atoms with van der Waals surface area (Å²) in [6.07, 6.45) is -0.0769. The summed E-state index contributed by atoms with van der Waals surface area (Å²) in [6.45, 7) is 3.78. The summed E-state index contributed by atoms with van der Waals surface area (Å²) >= 11 is 0. The van der Waals surface area contributed by atoms with Crippen LogP contribution in [-0.4, -0.2) is 38.4 Å². The van der Waals surface area contributed by atoms with Gasteiger partial charge in [-0.25, -0.2) is 8.42 Å². The number of nitrogens with one attached hydrogen (secondary N) is 1. The molecule has 0 aliphatic heterocycles. The molecule has 0 radical (unpaired) electrons. The summed E-state index contributed by atoms with van der Waals surface area (Å²) in [5.74, 6) is -0.569. The maximum absolute atomic E-state index is 12.4. The van der Waals surface area contributed by atoms with Crippen molar-refractivity contribution < 1.29 is 23.1 Å². The Kier molecular flexibility index (Phi) is 7.12. The molecule has 0 spiro atoms. The van der Waals surface area contributed by atoms with Crippen LogP contribution >= 0.6 is 0 Å². The highest BCUT2D eigenvalue weighted by molar-refractivity contribution is 7.90. The fourth-order valence-electron chi connectivity index (χ4n) is 2.73. The van der Waals surface area contributed by atoms with Crippen LogP contribution in [0.1, 0.15) is 37.1 Å². The lowest BCUT2D eigenvalue weighted by Gasteiger charge is -2.26. The highest BCUT2D eigenvalue weighted by Crippen LogP contribution is 2.23. The lowest BCUT2D eigenvalue weighted by Crippen LogP contribution is -2.44. The number of carbonyl (C=O) groups is 1. The maximum Gasteiger partial charge on any atom is 0.326 e. The Morgan fingerprint density at radius 2 is 1.67 bits per heavy atom. The van der Waals surface area contributed by atoms with Gasteiger partial charge in [-0.1, -0.05) is 42.5 Å². The van der Waals surface area contributed by atoms with Crippen LogP contribution in [0.4, 0.5) is 0 Å². The van der Waals surface area contributed by atoms with Crippen LogP contribution in [0.2, 0.25) is 0 Å². The molecule has 27 heavy (non-hydrogen) atoms. The molecule has 0 saturated heterocycles. The van der Waals surface area contributed by atoms with Crippen LogP contribution in [0.5, 0.6) is 0 Å². The molecule has 3 atom stereocenters. The Balaban J connectivity index is 2.26. The first kappa shape index (κ1) is 21.1. The van der Waals surface area contributed by atoms with E-state index < -0.39 is 28.0 Å². The molecule has 0 fully saturated rings. The van der Waals surface area contributed by atoms with Gasteiger partial charge in [-0.2, -0.15) is 0 Å². The number of rotatable bonds is 8. The number of esters is 1. The summed E-state index contributed by atoms with van der Waals surface area (Å²) < 4.78 is 28.3. The van der Waals surface area contributed by atoms with Crippen LogP contribution in [0, 0.1) is 0 Å². The van der Waals surface area contributed by atoms with E-state index in [2.05, 4.69) is 5.32 Å². The van der Waals surface area contributed by atoms with Crippen molar-refractivity contribution in [3.8, 4) is 0 Å². The predicted octanol–water partition coefficient (Wildman–Crippen LogP) is 2.41. The molecule has 0 aliphatic carbocycles. The van der Waals surface area contributed by atoms with Gasteiger partial charge in [0, 0.05) is 12.3 Å². The second kappa shape index (κ2) is 9.12. The van der Waals surface area contributed by atoms with Crippen LogP contribution in [-0.2, 0) is 19.4 Å². The van der Waals surface area contributed by atoms with E-state index in [0.29, 0.717) is 5.56 Å². The van der Waals surface area contributed by atoms with E-state index in [1.54, 1.807) is 6.92 Å². The van der Waals surface area contributed by atoms with Gasteiger partial charge >= 0.3 is 5.97 Å². The molecule has 1 unspecified atom stereocenters. The van der Waals surface area contributed by atoms with Crippen molar-refractivity contribution in [2.24, 2.45) is 0 Å². The smallest absolute Gasteiger partial charge is 0.326 e. The van der Waals surface area contributed by atoms with Crippen LogP contribution in [0.15, 0.2) is 59.5 Å². The van der Waals surface area contributed by atoms with Crippen molar-refractivity contribution in [2.45, 2.75) is 36.9 Å². The largest absolute Gasteiger partial charge is 0.465 e. The van der Waals surface area contributed by atoms with Gasteiger partial charge in [-0.15, -0.1) is 0 Å². The van der Waals surface area contributed by atoms with E-state index in [-0.39, 0.29) is 17.5 Å². The maximum atomic E-state index is 12.4. The SMILES string of the molecule is CCOC(=O)[C@@H](NC(C)c1ccccc1)[C@H](O)c1ccc(S(C)(=O)=O)cc1. The molecule has 0 aliphatic rings. The van der Waals surface area contributed by atoms with Gasteiger partial charge in [-0.05, 0) is 37.1 Å². The van der Waals surface area contributed by atoms with Crippen molar-refractivity contribution in [2.75, 3.05) is 12.9 Å². The molecule has 146 valence electrons. The van der Waals surface area contributed by atoms with Crippen LogP contribution in [0.3, 0.4) is 0 Å². The van der Waals surface area contributed by atoms with Crippen LogP contribution < -0.4 is 5.32 Å². The van der Waals surface area contributed by atoms with E-state index in [1.165, 1.54) is 24.3 Å². The van der Waals surface area contributed by atoms with Gasteiger partial charge in [0.05, 0.1) is 11.5 Å². The van der Waals surface area contributed by atoms with Gasteiger partial charge in [0.1, 0.15) is 12.1 Å². The zero-order valence-corrected chi connectivity index (χ0v) is 16.4. The third-order valence-electron chi connectivity index (χ3n) is 4.24. The average molecular weight is 391 g/mol. The van der Waals surface area contributed by atoms with Crippen molar-refractivity contribution in [3.63, 3.8) is 0 Å². The molecule has 0 amide bonds. The molecule has 0 aromatic heterocycles. The topological polar surface area (TPSA) is 92.7 Å². The van der Waals surface area contributed by atoms with Crippen molar-refractivity contribution >= 4 is 15.8 Å². The zero-order valence-electron chi connectivity index (χ0n) is 15.6. The first-order valence-electron chi connectivity index (χ1n) is 8.69. The molecule has 7 heteroatoms. The van der Waals surface area contributed by atoms with E-state index in [4.69, 9.17) is 4.74 Å². The molecule has 0 saturated carbocycles. The lowest BCUT2D eigenvalue weighted by atomic mass is 10.00. The number of hydrogen-bond acceptors (Lipinski definition) is 6. The number of sulfone groups is 1. The van der Waals surface area contributed by atoms with Gasteiger partial charge < -0.3 is 9.84 Å². The molecule has 6 nitrogen and oxygen atoms in total. The minimum atomic E-state index is -3.33. The first-order valence-corrected chi connectivity index (χ1v) is 10.6. The van der Waals surface area contributed by atoms with E-state index >= 15 is 0 Å². The molecule has 0 bridgehead atoms. The number of hydrogen-bond donors (Lipinski definition) is 2. The number of aliphatic hydroxyl groups excluding tert-OH is 1. The fourth-order valence-corrected chi connectivity index (χ4v) is 3.36. The van der Waals surface area contributed by atoms with Gasteiger partial charge in [0.25, 0.3) is 0 Å². The normalized spacial score (nSPS) is 15.0. The Bertz CT molecular complexity index is 850. The highest BCUT2D eigenvalue weighted by Gasteiger charge is 2.31. The number of carbonyl (C=O) groups excluding carboxylic acids is 1. The molecule has 2 rings (SSSR count). The molecular weight excluding hydrogens is 366 g/mol. The average Bonchev–Trinajstić information content (AvgIpc) is 2.65. The Morgan fingerprint density at radius 1 is 1.07 bits per heavy atom. The zero-order chi connectivity index (χ0) is 20.0. The summed E-state index contributed by atoms with van der Waals surface area (Å²) in [5.41, 5.74) is 1.39. The second-order valence-corrected chi connectivity index (χ2v) is 8.33. The summed E-state index contributed by atoms with van der Waals surface area (Å²) in [6, 6.07) is 14.2. The number of benzene rings is 2. The minimum Gasteiger partial charge on any atom is -0.465 e. The fraction of sp³-hybridized carbons (Fsp3) is 0.350. The highest BCUT2D eigenvalue weighted by atomic mass is 32.2. The van der Waals surface area contributed by atoms with E-state index in [1.807, 2.05) is 37.3 Å². The van der Waals surface area contributed by atoms with E-state index in [9.17, 15) is 18.3 Å². The van der Waals surface area contributed by atoms with Crippen molar-refractivity contribution in [3.05, 3.63) is 65.7 Å². The molecule has 2 N–H and O–H groups in total. The lowest BCUT2D eigenvalue weighted by molar-refractivity contribution is -0.149. The minimum absolute atomic E-state index is 0.150. The second-order valence-electron chi connectivity index (χ2n) is 6.31. The standard InChI is InChI=1S/C20H25NO5S/c1-4-26-20(23)18(21-14(2)15-8-6-5-7-9-15)19(22)16-10-12-17(13-11-16)27(3,24)25/h5-14,18-19,21-22H,4H2,1-3H3/t14?,18-,19+/m0/s1. The first-order chi connectivity index (χ1) is 12.7. The quantitative estimate of drug-likeness (QED) is 0.672. The van der Waals surface area contributed by atoms with Crippen molar-refractivity contribution in [1.29, 1.82) is 0 Å². The van der Waals surface area contributed by atoms with Gasteiger partial charge in [-0.3, -0.25) is 10.1 Å². The Hall–Kier alpha value is -2.22. The molecule has 0 heterocycles. The third-order valence-corrected chi connectivity index (χ3v) is 5.36. The molecule has 2 aromatic carbocycles. The molecule has 2 aromatic rings. The Morgan fingerprint density at radius 3 is 2.19 bits per heavy atom. The van der Waals surface area contributed by atoms with Crippen LogP contribution in [0.25, 0.3) is 0 Å². The third kappa shape index (κ3) is 5.63. The van der Waals surface area contributed by atoms with Gasteiger partial charge in [0.15, 0.2) is 9.84 Å². The summed E-state index contributed by atoms with van der Waals surface area (Å²) in [5, 5.41) is 13.9. The van der Waals surface area contributed by atoms with Gasteiger partial charge in [0.2, 0.25) is 0 Å². The van der Waals surface area contributed by atoms with E-state index in [0.717, 1.165) is 11.8 Å². The monoisotopic (exact) mass is 391 g/mol. The molecular formula is C20H25NO5S. The van der Waals surface area contributed by atoms with Crippen molar-refractivity contribution in [1.82, 2.24) is 5.32 Å². The number of ether oxygens (including phenoxy) is 1. The summed E-state index contributed by atoms with van der Waals surface area (Å²) in [7, 11) is -3.33. The predicted molar refractivity (Wildman–Crippen MR) is 103 cm³/mol.